The summed E-state index contributed by atoms with van der Waals surface area (Å²) in [4.78, 5) is 53.1. The minimum atomic E-state index is -2.71. The zero-order valence-electron chi connectivity index (χ0n) is 24.0. The molecule has 1 aliphatic rings. The highest BCUT2D eigenvalue weighted by Gasteiger charge is 2.60. The number of carbonyl (C=O) groups is 3. The van der Waals surface area contributed by atoms with E-state index in [0.717, 1.165) is 30.7 Å². The van der Waals surface area contributed by atoms with E-state index in [2.05, 4.69) is 26.5 Å². The Morgan fingerprint density at radius 2 is 1.36 bits per heavy atom. The topological polar surface area (TPSA) is 169 Å². The molecule has 1 saturated heterocycles. The molecular weight excluding hydrogens is 629 g/mol. The molecule has 4 aromatic rings. The van der Waals surface area contributed by atoms with Gasteiger partial charge in [-0.15, -0.1) is 0 Å². The predicted molar refractivity (Wildman–Crippen MR) is 150 cm³/mol. The number of rotatable bonds is 11. The predicted octanol–water partition coefficient (Wildman–Crippen LogP) is 3.07. The van der Waals surface area contributed by atoms with Gasteiger partial charge in [0, 0.05) is 31.0 Å². The second kappa shape index (κ2) is 14.1. The molecule has 5 rings (SSSR count). The van der Waals surface area contributed by atoms with E-state index in [-0.39, 0.29) is 16.9 Å². The Bertz CT molecular complexity index is 1800. The molecule has 0 spiro atoms. The third-order valence-corrected chi connectivity index (χ3v) is 6.69. The molecule has 0 aliphatic carbocycles. The molecule has 1 aliphatic heterocycles. The lowest BCUT2D eigenvalue weighted by atomic mass is 10.0. The Hall–Kier alpha value is -5.74. The number of esters is 3. The number of pyridine rings is 4. The third kappa shape index (κ3) is 7.40. The fourth-order valence-corrected chi connectivity index (χ4v) is 4.42. The average molecular weight is 653 g/mol. The van der Waals surface area contributed by atoms with Gasteiger partial charge < -0.3 is 28.8 Å². The van der Waals surface area contributed by atoms with Gasteiger partial charge in [0.25, 0.3) is 0 Å². The normalized spacial score (nSPS) is 20.2. The highest BCUT2D eigenvalue weighted by atomic mass is 19.1. The molecule has 1 fully saturated rings. The fourth-order valence-electron chi connectivity index (χ4n) is 4.42. The van der Waals surface area contributed by atoms with Crippen LogP contribution in [0, 0.1) is 17.8 Å². The standard InChI is InChI=1S/C31H23F3N4O9/c1-17(19-7-3-11-36-25(19)32)44-16-31(42)24(46-28(39)18-6-2-10-35-14-18)23(45-30(41)21-9-5-13-38-27(21)34)22(47-31)15-43-29(40)20-8-4-12-37-26(20)33/h2-14,22-24,42H,1,15-16H2/t22-,23-,24+,31-/m1/s1. The Morgan fingerprint density at radius 1 is 0.787 bits per heavy atom. The van der Waals surface area contributed by atoms with Crippen LogP contribution < -0.4 is 0 Å². The van der Waals surface area contributed by atoms with Crippen molar-refractivity contribution < 1.29 is 56.3 Å². The monoisotopic (exact) mass is 652 g/mol. The molecule has 0 bridgehead atoms. The number of nitrogens with zero attached hydrogens (tertiary/aromatic N) is 4. The van der Waals surface area contributed by atoms with Crippen LogP contribution in [0.2, 0.25) is 0 Å². The summed E-state index contributed by atoms with van der Waals surface area (Å²) in [5.74, 6) is -9.95. The van der Waals surface area contributed by atoms with Crippen LogP contribution in [0.4, 0.5) is 13.2 Å². The SMILES string of the molecule is C=C(OC[C@@]1(O)O[C@H](COC(=O)c2cccnc2F)[C@@H](OC(=O)c2cccnc2F)[C@@H]1OC(=O)c1cccnc1)c1cccnc1F. The Balaban J connectivity index is 1.48. The van der Waals surface area contributed by atoms with Crippen molar-refractivity contribution in [3.63, 3.8) is 0 Å². The number of hydrogen-bond donors (Lipinski definition) is 1. The summed E-state index contributed by atoms with van der Waals surface area (Å²) in [6, 6.07) is 10.1. The number of halogens is 3. The van der Waals surface area contributed by atoms with Crippen molar-refractivity contribution >= 4 is 23.7 Å². The maximum atomic E-state index is 14.4. The minimum absolute atomic E-state index is 0.0945. The second-order valence-electron chi connectivity index (χ2n) is 9.77. The van der Waals surface area contributed by atoms with Gasteiger partial charge in [0.1, 0.15) is 36.2 Å². The van der Waals surface area contributed by atoms with E-state index < -0.39 is 84.2 Å². The molecule has 1 N–H and O–H groups in total. The smallest absolute Gasteiger partial charge is 0.343 e. The quantitative estimate of drug-likeness (QED) is 0.109. The van der Waals surface area contributed by atoms with Gasteiger partial charge in [-0.1, -0.05) is 6.58 Å². The Kier molecular flexibility index (Phi) is 9.82. The first kappa shape index (κ1) is 32.6. The first-order valence-electron chi connectivity index (χ1n) is 13.6. The molecular formula is C31H23F3N4O9. The summed E-state index contributed by atoms with van der Waals surface area (Å²) in [5, 5.41) is 11.7. The molecule has 0 radical (unpaired) electrons. The molecule has 0 saturated carbocycles. The van der Waals surface area contributed by atoms with Gasteiger partial charge in [0.2, 0.25) is 23.6 Å². The highest BCUT2D eigenvalue weighted by Crippen LogP contribution is 2.36. The molecule has 4 aromatic heterocycles. The van der Waals surface area contributed by atoms with Crippen LogP contribution in [0.5, 0.6) is 0 Å². The van der Waals surface area contributed by atoms with Crippen molar-refractivity contribution in [1.29, 1.82) is 0 Å². The van der Waals surface area contributed by atoms with E-state index >= 15 is 0 Å². The van der Waals surface area contributed by atoms with Gasteiger partial charge in [-0.2, -0.15) is 13.2 Å². The Morgan fingerprint density at radius 3 is 1.94 bits per heavy atom. The molecule has 0 amide bonds. The van der Waals surface area contributed by atoms with Gasteiger partial charge in [-0.25, -0.2) is 29.3 Å². The van der Waals surface area contributed by atoms with Gasteiger partial charge in [-0.3, -0.25) is 4.98 Å². The largest absolute Gasteiger partial charge is 0.488 e. The van der Waals surface area contributed by atoms with Gasteiger partial charge in [-0.05, 0) is 48.5 Å². The van der Waals surface area contributed by atoms with Crippen LogP contribution >= 0.6 is 0 Å². The molecule has 4 atom stereocenters. The van der Waals surface area contributed by atoms with Crippen LogP contribution in [-0.2, 0) is 23.7 Å². The summed E-state index contributed by atoms with van der Waals surface area (Å²) in [7, 11) is 0. The number of ether oxygens (including phenoxy) is 5. The van der Waals surface area contributed by atoms with E-state index in [1.807, 2.05) is 0 Å². The minimum Gasteiger partial charge on any atom is -0.488 e. The maximum Gasteiger partial charge on any atom is 0.343 e. The van der Waals surface area contributed by atoms with Crippen molar-refractivity contribution in [3.8, 4) is 0 Å². The fraction of sp³-hybridized carbons (Fsp3) is 0.194. The summed E-state index contributed by atoms with van der Waals surface area (Å²) in [6.45, 7) is 1.86. The average Bonchev–Trinajstić information content (AvgIpc) is 3.33. The van der Waals surface area contributed by atoms with Gasteiger partial charge in [0.15, 0.2) is 12.2 Å². The van der Waals surface area contributed by atoms with Crippen LogP contribution in [0.15, 0.2) is 86.1 Å². The number of aliphatic hydroxyl groups is 1. The summed E-state index contributed by atoms with van der Waals surface area (Å²) < 4.78 is 70.3. The molecule has 13 nitrogen and oxygen atoms in total. The zero-order valence-corrected chi connectivity index (χ0v) is 24.0. The van der Waals surface area contributed by atoms with Crippen LogP contribution in [0.3, 0.4) is 0 Å². The summed E-state index contributed by atoms with van der Waals surface area (Å²) in [6.07, 6.45) is 0.450. The number of hydrogen-bond acceptors (Lipinski definition) is 13. The molecule has 47 heavy (non-hydrogen) atoms. The molecule has 0 unspecified atom stereocenters. The van der Waals surface area contributed by atoms with E-state index in [1.54, 1.807) is 0 Å². The highest BCUT2D eigenvalue weighted by molar-refractivity contribution is 5.90. The van der Waals surface area contributed by atoms with Crippen molar-refractivity contribution in [1.82, 2.24) is 19.9 Å². The van der Waals surface area contributed by atoms with Gasteiger partial charge in [0.05, 0.1) is 11.1 Å². The lowest BCUT2D eigenvalue weighted by Gasteiger charge is -2.30. The molecule has 16 heteroatoms. The second-order valence-corrected chi connectivity index (χ2v) is 9.77. The van der Waals surface area contributed by atoms with E-state index in [4.69, 9.17) is 23.7 Å². The first-order valence-corrected chi connectivity index (χ1v) is 13.6. The van der Waals surface area contributed by atoms with E-state index in [1.165, 1.54) is 48.8 Å². The Labute approximate surface area is 263 Å². The molecule has 5 heterocycles. The summed E-state index contributed by atoms with van der Waals surface area (Å²) >= 11 is 0. The van der Waals surface area contributed by atoms with Crippen molar-refractivity contribution in [2.75, 3.05) is 13.2 Å². The van der Waals surface area contributed by atoms with Crippen LogP contribution in [0.1, 0.15) is 36.6 Å². The molecule has 242 valence electrons. The molecule has 0 aromatic carbocycles. The summed E-state index contributed by atoms with van der Waals surface area (Å²) in [5.41, 5.74) is -1.46. The number of carbonyl (C=O) groups excluding carboxylic acids is 3. The van der Waals surface area contributed by atoms with Crippen LogP contribution in [0.25, 0.3) is 5.76 Å². The van der Waals surface area contributed by atoms with E-state index in [9.17, 15) is 32.7 Å². The number of aromatic nitrogens is 4. The lowest BCUT2D eigenvalue weighted by molar-refractivity contribution is -0.246. The zero-order chi connectivity index (χ0) is 33.6. The van der Waals surface area contributed by atoms with Crippen LogP contribution in [-0.4, -0.2) is 80.3 Å². The third-order valence-electron chi connectivity index (χ3n) is 6.69. The maximum absolute atomic E-state index is 14.4. The first-order chi connectivity index (χ1) is 22.6. The van der Waals surface area contributed by atoms with Crippen molar-refractivity contribution in [2.45, 2.75) is 24.1 Å². The lowest BCUT2D eigenvalue weighted by Crippen LogP contribution is -2.50. The van der Waals surface area contributed by atoms with Crippen molar-refractivity contribution in [3.05, 3.63) is 126 Å². The van der Waals surface area contributed by atoms with Crippen molar-refractivity contribution in [2.24, 2.45) is 0 Å². The van der Waals surface area contributed by atoms with E-state index in [0.29, 0.717) is 0 Å². The van der Waals surface area contributed by atoms with Gasteiger partial charge >= 0.3 is 17.9 Å².